The number of hydrogen-bond acceptors (Lipinski definition) is 5. The molecule has 1 unspecified atom stereocenters. The van der Waals surface area contributed by atoms with Gasteiger partial charge in [-0.05, 0) is 67.0 Å². The zero-order chi connectivity index (χ0) is 27.9. The van der Waals surface area contributed by atoms with Crippen LogP contribution in [-0.4, -0.2) is 34.5 Å². The SMILES string of the molecule is CCC(CC)n1c(Cc2cccs2)nc2cc(C(=O)NC(CC(C)C)C(=O)Nc3ccccc3OC)ccc21. The first-order chi connectivity index (χ1) is 18.8. The van der Waals surface area contributed by atoms with Crippen LogP contribution in [0.3, 0.4) is 0 Å². The lowest BCUT2D eigenvalue weighted by atomic mass is 10.0. The fraction of sp³-hybridized carbons (Fsp3) is 0.387. The molecule has 0 spiro atoms. The Labute approximate surface area is 234 Å². The monoisotopic (exact) mass is 546 g/mol. The number of fused-ring (bicyclic) bond motifs is 1. The van der Waals surface area contributed by atoms with Crippen molar-refractivity contribution in [1.82, 2.24) is 14.9 Å². The van der Waals surface area contributed by atoms with Crippen molar-refractivity contribution in [3.63, 3.8) is 0 Å². The number of nitrogens with zero attached hydrogens (tertiary/aromatic N) is 2. The molecule has 2 N–H and O–H groups in total. The Kier molecular flexibility index (Phi) is 9.41. The highest BCUT2D eigenvalue weighted by molar-refractivity contribution is 7.09. The number of thiophene rings is 1. The van der Waals surface area contributed by atoms with E-state index in [9.17, 15) is 9.59 Å². The summed E-state index contributed by atoms with van der Waals surface area (Å²) in [6.07, 6.45) is 3.26. The average Bonchev–Trinajstić information content (AvgIpc) is 3.57. The lowest BCUT2D eigenvalue weighted by molar-refractivity contribution is -0.118. The van der Waals surface area contributed by atoms with E-state index in [1.54, 1.807) is 30.6 Å². The Hall–Kier alpha value is -3.65. The summed E-state index contributed by atoms with van der Waals surface area (Å²) in [6, 6.07) is 16.7. The molecule has 0 fully saturated rings. The van der Waals surface area contributed by atoms with Crippen LogP contribution in [0, 0.1) is 5.92 Å². The molecule has 0 aliphatic heterocycles. The summed E-state index contributed by atoms with van der Waals surface area (Å²) in [7, 11) is 1.56. The Morgan fingerprint density at radius 3 is 2.49 bits per heavy atom. The molecule has 2 aromatic heterocycles. The second-order valence-electron chi connectivity index (χ2n) is 10.2. The minimum Gasteiger partial charge on any atom is -0.495 e. The van der Waals surface area contributed by atoms with Crippen LogP contribution >= 0.6 is 11.3 Å². The molecule has 1 atom stereocenters. The summed E-state index contributed by atoms with van der Waals surface area (Å²) in [5.74, 6) is 1.20. The van der Waals surface area contributed by atoms with E-state index in [1.807, 2.05) is 44.2 Å². The minimum atomic E-state index is -0.699. The molecule has 39 heavy (non-hydrogen) atoms. The van der Waals surface area contributed by atoms with Gasteiger partial charge in [-0.2, -0.15) is 0 Å². The highest BCUT2D eigenvalue weighted by Crippen LogP contribution is 2.29. The maximum absolute atomic E-state index is 13.4. The molecule has 2 heterocycles. The number of carbonyl (C=O) groups excluding carboxylic acids is 2. The van der Waals surface area contributed by atoms with Crippen LogP contribution in [0.2, 0.25) is 0 Å². The van der Waals surface area contributed by atoms with Crippen LogP contribution in [0.15, 0.2) is 60.0 Å². The number of imidazole rings is 1. The van der Waals surface area contributed by atoms with Crippen LogP contribution in [0.4, 0.5) is 5.69 Å². The van der Waals surface area contributed by atoms with E-state index in [0.29, 0.717) is 29.5 Å². The van der Waals surface area contributed by atoms with Gasteiger partial charge in [-0.25, -0.2) is 4.98 Å². The van der Waals surface area contributed by atoms with E-state index in [4.69, 9.17) is 9.72 Å². The first kappa shape index (κ1) is 28.4. The molecule has 4 rings (SSSR count). The number of ether oxygens (including phenoxy) is 1. The third-order valence-electron chi connectivity index (χ3n) is 6.94. The molecule has 8 heteroatoms. The molecule has 0 saturated heterocycles. The van der Waals surface area contributed by atoms with Crippen molar-refractivity contribution in [1.29, 1.82) is 0 Å². The van der Waals surface area contributed by atoms with E-state index in [0.717, 1.165) is 36.1 Å². The number of benzene rings is 2. The van der Waals surface area contributed by atoms with Gasteiger partial charge >= 0.3 is 0 Å². The Morgan fingerprint density at radius 2 is 1.82 bits per heavy atom. The molecule has 0 saturated carbocycles. The topological polar surface area (TPSA) is 85.2 Å². The standard InChI is InChI=1S/C31H38N4O3S/c1-6-22(7-2)35-27-15-14-21(18-25(27)32-29(35)19-23-11-10-16-39-23)30(36)34-26(17-20(3)4)31(37)33-24-12-8-9-13-28(24)38-5/h8-16,18,20,22,26H,6-7,17,19H2,1-5H3,(H,33,37)(H,34,36). The van der Waals surface area contributed by atoms with Gasteiger partial charge in [0.15, 0.2) is 0 Å². The van der Waals surface area contributed by atoms with Crippen molar-refractivity contribution in [2.24, 2.45) is 5.92 Å². The smallest absolute Gasteiger partial charge is 0.252 e. The first-order valence-corrected chi connectivity index (χ1v) is 14.5. The van der Waals surface area contributed by atoms with Gasteiger partial charge in [0.25, 0.3) is 5.91 Å². The minimum absolute atomic E-state index is 0.205. The number of amides is 2. The van der Waals surface area contributed by atoms with Gasteiger partial charge in [0.1, 0.15) is 17.6 Å². The summed E-state index contributed by atoms with van der Waals surface area (Å²) < 4.78 is 7.70. The number of nitrogens with one attached hydrogen (secondary N) is 2. The third-order valence-corrected chi connectivity index (χ3v) is 7.81. The number of carbonyl (C=O) groups is 2. The highest BCUT2D eigenvalue weighted by Gasteiger charge is 2.25. The quantitative estimate of drug-likeness (QED) is 0.204. The van der Waals surface area contributed by atoms with Crippen LogP contribution in [0.25, 0.3) is 11.0 Å². The Bertz CT molecular complexity index is 1410. The molecule has 0 aliphatic carbocycles. The van der Waals surface area contributed by atoms with E-state index >= 15 is 0 Å². The summed E-state index contributed by atoms with van der Waals surface area (Å²) in [5, 5.41) is 7.96. The molecular weight excluding hydrogens is 508 g/mol. The van der Waals surface area contributed by atoms with Crippen molar-refractivity contribution in [2.45, 2.75) is 65.5 Å². The fourth-order valence-corrected chi connectivity index (χ4v) is 5.66. The lowest BCUT2D eigenvalue weighted by Crippen LogP contribution is -2.44. The fourth-order valence-electron chi connectivity index (χ4n) is 4.96. The number of hydrogen-bond donors (Lipinski definition) is 2. The number of aromatic nitrogens is 2. The third kappa shape index (κ3) is 6.68. The average molecular weight is 547 g/mol. The molecule has 0 aliphatic rings. The maximum Gasteiger partial charge on any atom is 0.252 e. The zero-order valence-electron chi connectivity index (χ0n) is 23.4. The van der Waals surface area contributed by atoms with Crippen molar-refractivity contribution in [3.8, 4) is 5.75 Å². The van der Waals surface area contributed by atoms with Gasteiger partial charge in [0.05, 0.1) is 23.8 Å². The van der Waals surface area contributed by atoms with Crippen LogP contribution < -0.4 is 15.4 Å². The largest absolute Gasteiger partial charge is 0.495 e. The molecule has 206 valence electrons. The first-order valence-electron chi connectivity index (χ1n) is 13.6. The predicted molar refractivity (Wildman–Crippen MR) is 159 cm³/mol. The van der Waals surface area contributed by atoms with Crippen LogP contribution in [0.1, 0.15) is 74.1 Å². The molecule has 4 aromatic rings. The van der Waals surface area contributed by atoms with E-state index < -0.39 is 6.04 Å². The van der Waals surface area contributed by atoms with Crippen molar-refractivity contribution < 1.29 is 14.3 Å². The molecule has 2 aromatic carbocycles. The number of anilines is 1. The van der Waals surface area contributed by atoms with Gasteiger partial charge < -0.3 is 19.9 Å². The molecule has 0 radical (unpaired) electrons. The second-order valence-corrected chi connectivity index (χ2v) is 11.2. The number of methoxy groups -OCH3 is 1. The summed E-state index contributed by atoms with van der Waals surface area (Å²) in [5.41, 5.74) is 2.87. The second kappa shape index (κ2) is 12.9. The predicted octanol–water partition coefficient (Wildman–Crippen LogP) is 6.84. The van der Waals surface area contributed by atoms with Gasteiger partial charge in [-0.15, -0.1) is 11.3 Å². The maximum atomic E-state index is 13.4. The summed E-state index contributed by atoms with van der Waals surface area (Å²) in [4.78, 5) is 32.9. The van der Waals surface area contributed by atoms with Gasteiger partial charge in [0.2, 0.25) is 5.91 Å². The molecule has 7 nitrogen and oxygen atoms in total. The molecular formula is C31H38N4O3S. The summed E-state index contributed by atoms with van der Waals surface area (Å²) >= 11 is 1.73. The van der Waals surface area contributed by atoms with Gasteiger partial charge in [-0.1, -0.05) is 45.9 Å². The zero-order valence-corrected chi connectivity index (χ0v) is 24.2. The van der Waals surface area contributed by atoms with Crippen LogP contribution in [0.5, 0.6) is 5.75 Å². The van der Waals surface area contributed by atoms with Crippen molar-refractivity contribution in [2.75, 3.05) is 12.4 Å². The Balaban J connectivity index is 1.60. The normalized spacial score (nSPS) is 12.2. The number of para-hydroxylation sites is 2. The highest BCUT2D eigenvalue weighted by atomic mass is 32.1. The van der Waals surface area contributed by atoms with Gasteiger partial charge in [-0.3, -0.25) is 9.59 Å². The van der Waals surface area contributed by atoms with Crippen molar-refractivity contribution >= 4 is 39.9 Å². The van der Waals surface area contributed by atoms with E-state index in [2.05, 4.69) is 46.6 Å². The van der Waals surface area contributed by atoms with Crippen molar-refractivity contribution in [3.05, 3.63) is 76.2 Å². The van der Waals surface area contributed by atoms with E-state index in [1.165, 1.54) is 4.88 Å². The Morgan fingerprint density at radius 1 is 1.05 bits per heavy atom. The van der Waals surface area contributed by atoms with Crippen LogP contribution in [-0.2, 0) is 11.2 Å². The molecule has 2 amide bonds. The molecule has 0 bridgehead atoms. The van der Waals surface area contributed by atoms with E-state index in [-0.39, 0.29) is 17.7 Å². The van der Waals surface area contributed by atoms with Gasteiger partial charge in [0, 0.05) is 22.9 Å². The lowest BCUT2D eigenvalue weighted by Gasteiger charge is -2.21. The summed E-state index contributed by atoms with van der Waals surface area (Å²) in [6.45, 7) is 8.45. The number of rotatable bonds is 12.